The number of nitrogens with zero attached hydrogens (tertiary/aromatic N) is 4. The number of hydrazone groups is 1. The zero-order chi connectivity index (χ0) is 13.7. The summed E-state index contributed by atoms with van der Waals surface area (Å²) in [4.78, 5) is 15.3. The second-order valence-corrected chi connectivity index (χ2v) is 4.75. The Morgan fingerprint density at radius 3 is 2.79 bits per heavy atom. The number of halogens is 1. The number of hydrogen-bond donors (Lipinski definition) is 1. The van der Waals surface area contributed by atoms with Crippen LogP contribution in [0.2, 0.25) is 0 Å². The number of rotatable bonds is 4. The fourth-order valence-electron chi connectivity index (χ4n) is 1.40. The summed E-state index contributed by atoms with van der Waals surface area (Å²) in [5.41, 5.74) is 4.17. The van der Waals surface area contributed by atoms with Gasteiger partial charge in [0.25, 0.3) is 5.91 Å². The van der Waals surface area contributed by atoms with E-state index in [9.17, 15) is 4.79 Å². The molecule has 0 aliphatic carbocycles. The Hall–Kier alpha value is -2.02. The lowest BCUT2D eigenvalue weighted by atomic mass is 10.1. The van der Waals surface area contributed by atoms with Crippen LogP contribution >= 0.6 is 15.9 Å². The van der Waals surface area contributed by atoms with Crippen LogP contribution in [0.15, 0.2) is 46.5 Å². The lowest BCUT2D eigenvalue weighted by molar-refractivity contribution is -0.121. The molecular formula is C12H12BrN5O. The average molecular weight is 322 g/mol. The van der Waals surface area contributed by atoms with Crippen molar-refractivity contribution < 1.29 is 4.79 Å². The second-order valence-electron chi connectivity index (χ2n) is 3.83. The van der Waals surface area contributed by atoms with Crippen molar-refractivity contribution >= 4 is 27.5 Å². The van der Waals surface area contributed by atoms with Crippen LogP contribution in [-0.4, -0.2) is 26.4 Å². The molecule has 98 valence electrons. The van der Waals surface area contributed by atoms with Gasteiger partial charge in [-0.25, -0.2) is 15.1 Å². The zero-order valence-electron chi connectivity index (χ0n) is 10.2. The van der Waals surface area contributed by atoms with Crippen LogP contribution in [0, 0.1) is 0 Å². The minimum Gasteiger partial charge on any atom is -0.271 e. The molecular weight excluding hydrogens is 310 g/mol. The number of carbonyl (C=O) groups is 1. The SMILES string of the molecule is C/C(=N\NC(=O)Cn1cncn1)c1ccc(Br)cc1. The van der Waals surface area contributed by atoms with E-state index in [1.165, 1.54) is 17.3 Å². The molecule has 1 amide bonds. The number of carbonyl (C=O) groups excluding carboxylic acids is 1. The van der Waals surface area contributed by atoms with Gasteiger partial charge in [-0.2, -0.15) is 10.2 Å². The lowest BCUT2D eigenvalue weighted by Gasteiger charge is -2.03. The van der Waals surface area contributed by atoms with Gasteiger partial charge in [0.05, 0.1) is 5.71 Å². The largest absolute Gasteiger partial charge is 0.271 e. The summed E-state index contributed by atoms with van der Waals surface area (Å²) in [5, 5.41) is 7.89. The van der Waals surface area contributed by atoms with E-state index in [1.54, 1.807) is 0 Å². The Bertz CT molecular complexity index is 577. The van der Waals surface area contributed by atoms with Crippen molar-refractivity contribution in [2.24, 2.45) is 5.10 Å². The topological polar surface area (TPSA) is 72.2 Å². The van der Waals surface area contributed by atoms with Crippen LogP contribution in [0.1, 0.15) is 12.5 Å². The number of benzene rings is 1. The van der Waals surface area contributed by atoms with Gasteiger partial charge in [0.1, 0.15) is 19.2 Å². The van der Waals surface area contributed by atoms with Crippen molar-refractivity contribution in [2.45, 2.75) is 13.5 Å². The maximum Gasteiger partial charge on any atom is 0.261 e. The monoisotopic (exact) mass is 321 g/mol. The van der Waals surface area contributed by atoms with Crippen molar-refractivity contribution in [3.63, 3.8) is 0 Å². The van der Waals surface area contributed by atoms with Crippen molar-refractivity contribution in [3.05, 3.63) is 47.0 Å². The Morgan fingerprint density at radius 1 is 1.42 bits per heavy atom. The summed E-state index contributed by atoms with van der Waals surface area (Å²) in [6.45, 7) is 1.93. The first-order valence-electron chi connectivity index (χ1n) is 5.56. The molecule has 0 aliphatic rings. The maximum atomic E-state index is 11.6. The molecule has 0 radical (unpaired) electrons. The molecule has 0 unspecified atom stereocenters. The fraction of sp³-hybridized carbons (Fsp3) is 0.167. The van der Waals surface area contributed by atoms with Gasteiger partial charge >= 0.3 is 0 Å². The van der Waals surface area contributed by atoms with E-state index in [4.69, 9.17) is 0 Å². The van der Waals surface area contributed by atoms with E-state index in [0.717, 1.165) is 15.7 Å². The average Bonchev–Trinajstić information content (AvgIpc) is 2.89. The van der Waals surface area contributed by atoms with E-state index in [2.05, 4.69) is 36.5 Å². The molecule has 0 aliphatic heterocycles. The Kier molecular flexibility index (Phi) is 4.40. The van der Waals surface area contributed by atoms with E-state index in [0.29, 0.717) is 0 Å². The predicted octanol–water partition coefficient (Wildman–Crippen LogP) is 1.58. The highest BCUT2D eigenvalue weighted by Crippen LogP contribution is 2.10. The molecule has 1 heterocycles. The van der Waals surface area contributed by atoms with Crippen LogP contribution in [0.3, 0.4) is 0 Å². The molecule has 1 aromatic carbocycles. The molecule has 0 saturated carbocycles. The molecule has 0 saturated heterocycles. The van der Waals surface area contributed by atoms with E-state index >= 15 is 0 Å². The van der Waals surface area contributed by atoms with Crippen molar-refractivity contribution in [1.29, 1.82) is 0 Å². The first-order chi connectivity index (χ1) is 9.15. The molecule has 6 nitrogen and oxygen atoms in total. The Labute approximate surface area is 118 Å². The summed E-state index contributed by atoms with van der Waals surface area (Å²) in [6, 6.07) is 7.69. The zero-order valence-corrected chi connectivity index (χ0v) is 11.8. The van der Waals surface area contributed by atoms with Crippen LogP contribution in [0.4, 0.5) is 0 Å². The molecule has 1 aromatic heterocycles. The van der Waals surface area contributed by atoms with Crippen molar-refractivity contribution in [2.75, 3.05) is 0 Å². The molecule has 0 atom stereocenters. The predicted molar refractivity (Wildman–Crippen MR) is 74.5 cm³/mol. The number of nitrogens with one attached hydrogen (secondary N) is 1. The highest BCUT2D eigenvalue weighted by molar-refractivity contribution is 9.10. The second kappa shape index (κ2) is 6.24. The highest BCUT2D eigenvalue weighted by Gasteiger charge is 2.02. The summed E-state index contributed by atoms with van der Waals surface area (Å²) in [6.07, 6.45) is 2.86. The Balaban J connectivity index is 1.94. The van der Waals surface area contributed by atoms with Crippen LogP contribution < -0.4 is 5.43 Å². The lowest BCUT2D eigenvalue weighted by Crippen LogP contribution is -2.24. The van der Waals surface area contributed by atoms with Crippen molar-refractivity contribution in [3.8, 4) is 0 Å². The van der Waals surface area contributed by atoms with Crippen molar-refractivity contribution in [1.82, 2.24) is 20.2 Å². The molecule has 19 heavy (non-hydrogen) atoms. The molecule has 0 bridgehead atoms. The van der Waals surface area contributed by atoms with Crippen LogP contribution in [0.25, 0.3) is 0 Å². The van der Waals surface area contributed by atoms with E-state index < -0.39 is 0 Å². The third kappa shape index (κ3) is 3.99. The quantitative estimate of drug-likeness (QED) is 0.686. The molecule has 1 N–H and O–H groups in total. The molecule has 7 heteroatoms. The Morgan fingerprint density at radius 2 is 2.16 bits per heavy atom. The third-order valence-corrected chi connectivity index (χ3v) is 2.91. The van der Waals surface area contributed by atoms with Crippen LogP contribution in [-0.2, 0) is 11.3 Å². The molecule has 0 fully saturated rings. The number of hydrogen-bond acceptors (Lipinski definition) is 4. The first-order valence-corrected chi connectivity index (χ1v) is 6.36. The van der Waals surface area contributed by atoms with Crippen LogP contribution in [0.5, 0.6) is 0 Å². The van der Waals surface area contributed by atoms with Gasteiger partial charge in [-0.15, -0.1) is 0 Å². The fourth-order valence-corrected chi connectivity index (χ4v) is 1.66. The van der Waals surface area contributed by atoms with Gasteiger partial charge in [-0.1, -0.05) is 28.1 Å². The number of amides is 1. The van der Waals surface area contributed by atoms with Gasteiger partial charge in [-0.3, -0.25) is 4.79 Å². The first kappa shape index (κ1) is 13.4. The molecule has 0 spiro atoms. The minimum atomic E-state index is -0.248. The summed E-state index contributed by atoms with van der Waals surface area (Å²) in [7, 11) is 0. The normalized spacial score (nSPS) is 11.4. The van der Waals surface area contributed by atoms with Gasteiger partial charge in [0.15, 0.2) is 0 Å². The molecule has 2 aromatic rings. The van der Waals surface area contributed by atoms with Gasteiger partial charge in [0, 0.05) is 4.47 Å². The van der Waals surface area contributed by atoms with Gasteiger partial charge < -0.3 is 0 Å². The third-order valence-electron chi connectivity index (χ3n) is 2.38. The van der Waals surface area contributed by atoms with Gasteiger partial charge in [-0.05, 0) is 24.6 Å². The molecule has 2 rings (SSSR count). The number of aromatic nitrogens is 3. The maximum absolute atomic E-state index is 11.6. The smallest absolute Gasteiger partial charge is 0.261 e. The van der Waals surface area contributed by atoms with Gasteiger partial charge in [0.2, 0.25) is 0 Å². The minimum absolute atomic E-state index is 0.0944. The standard InChI is InChI=1S/C12H12BrN5O/c1-9(10-2-4-11(13)5-3-10)16-17-12(19)6-18-8-14-7-15-18/h2-5,7-8H,6H2,1H3,(H,17,19)/b16-9+. The summed E-state index contributed by atoms with van der Waals surface area (Å²) < 4.78 is 2.43. The van der Waals surface area contributed by atoms with E-state index in [1.807, 2.05) is 31.2 Å². The van der Waals surface area contributed by atoms with E-state index in [-0.39, 0.29) is 12.5 Å². The summed E-state index contributed by atoms with van der Waals surface area (Å²) in [5.74, 6) is -0.248. The summed E-state index contributed by atoms with van der Waals surface area (Å²) >= 11 is 3.36. The highest BCUT2D eigenvalue weighted by atomic mass is 79.9.